The second kappa shape index (κ2) is 9.60. The molecular formula is C21H29IN6O. The maximum Gasteiger partial charge on any atom is 0.191 e. The first kappa shape index (κ1) is 21.6. The van der Waals surface area contributed by atoms with E-state index in [-0.39, 0.29) is 24.0 Å². The van der Waals surface area contributed by atoms with Crippen molar-refractivity contribution in [2.45, 2.75) is 51.6 Å². The van der Waals surface area contributed by atoms with Crippen LogP contribution in [0.4, 0.5) is 0 Å². The molecule has 1 atom stereocenters. The average Bonchev–Trinajstić information content (AvgIpc) is 3.30. The largest absolute Gasteiger partial charge is 0.461 e. The third-order valence-electron chi connectivity index (χ3n) is 5.10. The summed E-state index contributed by atoms with van der Waals surface area (Å²) in [5.41, 5.74) is 0.937. The van der Waals surface area contributed by atoms with E-state index in [4.69, 9.17) is 4.42 Å². The molecule has 3 heterocycles. The summed E-state index contributed by atoms with van der Waals surface area (Å²) >= 11 is 0. The summed E-state index contributed by atoms with van der Waals surface area (Å²) in [5.74, 6) is 4.18. The van der Waals surface area contributed by atoms with Gasteiger partial charge in [-0.15, -0.1) is 24.0 Å². The molecule has 3 aromatic rings. The van der Waals surface area contributed by atoms with Crippen molar-refractivity contribution in [3.8, 4) is 0 Å². The number of fused-ring (bicyclic) bond motifs is 2. The maximum absolute atomic E-state index is 5.88. The lowest BCUT2D eigenvalue weighted by Crippen LogP contribution is -2.47. The molecule has 0 amide bonds. The van der Waals surface area contributed by atoms with Crippen LogP contribution in [0.3, 0.4) is 0 Å². The van der Waals surface area contributed by atoms with Crippen LogP contribution in [0, 0.1) is 0 Å². The molecule has 1 unspecified atom stereocenters. The number of aliphatic imine (C=N–C) groups is 1. The molecule has 156 valence electrons. The van der Waals surface area contributed by atoms with E-state index in [0.717, 1.165) is 66.7 Å². The standard InChI is InChI=1S/C21H28N6O.HI/c1-14(2)20-25-19-9-8-16(13-27(19)26-20)24-21(22-3)23-11-10-17-12-15-6-4-5-7-18(15)28-17;/h4-7,12,14,16H,8-11,13H2,1-3H3,(H2,22,23,24);1H. The van der Waals surface area contributed by atoms with Gasteiger partial charge >= 0.3 is 0 Å². The molecule has 29 heavy (non-hydrogen) atoms. The number of guanidine groups is 1. The van der Waals surface area contributed by atoms with Crippen molar-refractivity contribution in [1.29, 1.82) is 0 Å². The fourth-order valence-corrected chi connectivity index (χ4v) is 3.54. The van der Waals surface area contributed by atoms with Gasteiger partial charge in [0.05, 0.1) is 6.54 Å². The van der Waals surface area contributed by atoms with Crippen molar-refractivity contribution in [2.24, 2.45) is 4.99 Å². The average molecular weight is 508 g/mol. The van der Waals surface area contributed by atoms with E-state index in [0.29, 0.717) is 12.0 Å². The van der Waals surface area contributed by atoms with Gasteiger partial charge in [-0.2, -0.15) is 5.10 Å². The first-order chi connectivity index (χ1) is 13.6. The van der Waals surface area contributed by atoms with Crippen molar-refractivity contribution in [1.82, 2.24) is 25.4 Å². The smallest absolute Gasteiger partial charge is 0.191 e. The van der Waals surface area contributed by atoms with Gasteiger partial charge in [-0.25, -0.2) is 9.67 Å². The van der Waals surface area contributed by atoms with Crippen LogP contribution in [0.5, 0.6) is 0 Å². The Morgan fingerprint density at radius 2 is 2.17 bits per heavy atom. The summed E-state index contributed by atoms with van der Waals surface area (Å²) in [6, 6.07) is 10.5. The van der Waals surface area contributed by atoms with E-state index in [1.807, 2.05) is 22.9 Å². The lowest BCUT2D eigenvalue weighted by Gasteiger charge is -2.25. The number of benzene rings is 1. The number of hydrogen-bond acceptors (Lipinski definition) is 4. The lowest BCUT2D eigenvalue weighted by atomic mass is 10.1. The van der Waals surface area contributed by atoms with Crippen LogP contribution >= 0.6 is 24.0 Å². The van der Waals surface area contributed by atoms with Gasteiger partial charge in [0, 0.05) is 43.8 Å². The topological polar surface area (TPSA) is 80.3 Å². The van der Waals surface area contributed by atoms with Crippen molar-refractivity contribution < 1.29 is 4.42 Å². The molecule has 1 aliphatic heterocycles. The van der Waals surface area contributed by atoms with E-state index >= 15 is 0 Å². The number of hydrogen-bond donors (Lipinski definition) is 2. The maximum atomic E-state index is 5.88. The van der Waals surface area contributed by atoms with Crippen LogP contribution in [-0.2, 0) is 19.4 Å². The highest BCUT2D eigenvalue weighted by Crippen LogP contribution is 2.19. The first-order valence-corrected chi connectivity index (χ1v) is 10.0. The zero-order chi connectivity index (χ0) is 19.5. The number of nitrogens with zero attached hydrogens (tertiary/aromatic N) is 4. The highest BCUT2D eigenvalue weighted by Gasteiger charge is 2.23. The van der Waals surface area contributed by atoms with Crippen LogP contribution < -0.4 is 10.6 Å². The predicted molar refractivity (Wildman–Crippen MR) is 126 cm³/mol. The number of aromatic nitrogens is 3. The van der Waals surface area contributed by atoms with Gasteiger partial charge in [-0.3, -0.25) is 4.99 Å². The van der Waals surface area contributed by atoms with Crippen LogP contribution in [-0.4, -0.2) is 40.4 Å². The Balaban J connectivity index is 0.00000240. The molecule has 0 fully saturated rings. The van der Waals surface area contributed by atoms with E-state index in [9.17, 15) is 0 Å². The van der Waals surface area contributed by atoms with Gasteiger partial charge in [-0.1, -0.05) is 32.0 Å². The van der Waals surface area contributed by atoms with Crippen molar-refractivity contribution in [2.75, 3.05) is 13.6 Å². The van der Waals surface area contributed by atoms with Gasteiger partial charge in [0.25, 0.3) is 0 Å². The number of aryl methyl sites for hydroxylation is 1. The Hall–Kier alpha value is -2.10. The Morgan fingerprint density at radius 1 is 1.34 bits per heavy atom. The molecule has 1 aliphatic rings. The Labute approximate surface area is 188 Å². The lowest BCUT2D eigenvalue weighted by molar-refractivity contribution is 0.391. The molecule has 0 saturated heterocycles. The predicted octanol–water partition coefficient (Wildman–Crippen LogP) is 3.49. The summed E-state index contributed by atoms with van der Waals surface area (Å²) in [4.78, 5) is 9.02. The molecule has 0 bridgehead atoms. The van der Waals surface area contributed by atoms with Crippen LogP contribution in [0.25, 0.3) is 11.0 Å². The zero-order valence-corrected chi connectivity index (χ0v) is 19.5. The zero-order valence-electron chi connectivity index (χ0n) is 17.2. The molecule has 8 heteroatoms. The Bertz CT molecular complexity index is 944. The molecule has 0 radical (unpaired) electrons. The third kappa shape index (κ3) is 5.09. The van der Waals surface area contributed by atoms with Gasteiger partial charge in [-0.05, 0) is 18.6 Å². The molecule has 7 nitrogen and oxygen atoms in total. The number of furan rings is 1. The SMILES string of the molecule is CN=C(NCCc1cc2ccccc2o1)NC1CCc2nc(C(C)C)nn2C1.I. The van der Waals surface area contributed by atoms with Crippen LogP contribution in [0.15, 0.2) is 39.7 Å². The summed E-state index contributed by atoms with van der Waals surface area (Å²) in [7, 11) is 1.80. The van der Waals surface area contributed by atoms with Crippen LogP contribution in [0.2, 0.25) is 0 Å². The van der Waals surface area contributed by atoms with Gasteiger partial charge in [0.15, 0.2) is 11.8 Å². The molecule has 0 saturated carbocycles. The highest BCUT2D eigenvalue weighted by molar-refractivity contribution is 14.0. The molecule has 1 aromatic carbocycles. The molecular weight excluding hydrogens is 479 g/mol. The van der Waals surface area contributed by atoms with Gasteiger partial charge < -0.3 is 15.1 Å². The fourth-order valence-electron chi connectivity index (χ4n) is 3.54. The first-order valence-electron chi connectivity index (χ1n) is 10.0. The quantitative estimate of drug-likeness (QED) is 0.314. The number of rotatable bonds is 5. The molecule has 2 N–H and O–H groups in total. The van der Waals surface area contributed by atoms with E-state index in [2.05, 4.69) is 51.7 Å². The minimum absolute atomic E-state index is 0. The van der Waals surface area contributed by atoms with E-state index in [1.54, 1.807) is 7.05 Å². The summed E-state index contributed by atoms with van der Waals surface area (Å²) in [5, 5.41) is 12.7. The molecule has 2 aromatic heterocycles. The fraction of sp³-hybridized carbons (Fsp3) is 0.476. The molecule has 4 rings (SSSR count). The van der Waals surface area contributed by atoms with Gasteiger partial charge in [0.1, 0.15) is 17.2 Å². The summed E-state index contributed by atoms with van der Waals surface area (Å²) < 4.78 is 7.92. The third-order valence-corrected chi connectivity index (χ3v) is 5.10. The van der Waals surface area contributed by atoms with Crippen molar-refractivity contribution in [3.63, 3.8) is 0 Å². The highest BCUT2D eigenvalue weighted by atomic mass is 127. The number of nitrogens with one attached hydrogen (secondary N) is 2. The normalized spacial score (nSPS) is 16.6. The van der Waals surface area contributed by atoms with Crippen LogP contribution in [0.1, 0.15) is 43.6 Å². The number of para-hydroxylation sites is 1. The van der Waals surface area contributed by atoms with Crippen molar-refractivity contribution in [3.05, 3.63) is 47.7 Å². The van der Waals surface area contributed by atoms with E-state index < -0.39 is 0 Å². The minimum atomic E-state index is 0. The summed E-state index contributed by atoms with van der Waals surface area (Å²) in [6.45, 7) is 5.84. The van der Waals surface area contributed by atoms with E-state index in [1.165, 1.54) is 0 Å². The second-order valence-corrected chi connectivity index (χ2v) is 7.60. The van der Waals surface area contributed by atoms with Crippen molar-refractivity contribution >= 4 is 40.9 Å². The minimum Gasteiger partial charge on any atom is -0.461 e. The summed E-state index contributed by atoms with van der Waals surface area (Å²) in [6.07, 6.45) is 2.78. The Kier molecular flexibility index (Phi) is 7.15. The monoisotopic (exact) mass is 508 g/mol. The second-order valence-electron chi connectivity index (χ2n) is 7.60. The van der Waals surface area contributed by atoms with Gasteiger partial charge in [0.2, 0.25) is 0 Å². The Morgan fingerprint density at radius 3 is 2.93 bits per heavy atom. The molecule has 0 aliphatic carbocycles. The molecule has 0 spiro atoms. The number of halogens is 1.